The summed E-state index contributed by atoms with van der Waals surface area (Å²) in [4.78, 5) is 11.6. The van der Waals surface area contributed by atoms with Gasteiger partial charge in [0.15, 0.2) is 0 Å². The topological polar surface area (TPSA) is 41.1 Å². The van der Waals surface area contributed by atoms with E-state index < -0.39 is 0 Å². The number of anilines is 2. The van der Waals surface area contributed by atoms with E-state index in [1.54, 1.807) is 0 Å². The molecule has 94 valence electrons. The van der Waals surface area contributed by atoms with Crippen LogP contribution in [0.4, 0.5) is 11.8 Å². The van der Waals surface area contributed by atoms with Crippen molar-refractivity contribution in [3.8, 4) is 0 Å². The average Bonchev–Trinajstić information content (AvgIpc) is 2.92. The Morgan fingerprint density at radius 3 is 2.72 bits per heavy atom. The van der Waals surface area contributed by atoms with E-state index in [0.717, 1.165) is 42.3 Å². The second-order valence-corrected chi connectivity index (χ2v) is 4.61. The van der Waals surface area contributed by atoms with Gasteiger partial charge in [-0.2, -0.15) is 4.98 Å². The molecule has 3 rings (SSSR count). The summed E-state index contributed by atoms with van der Waals surface area (Å²) in [5.74, 6) is 1.81. The number of hydrogen-bond acceptors (Lipinski definition) is 4. The van der Waals surface area contributed by atoms with E-state index in [0.29, 0.717) is 0 Å². The van der Waals surface area contributed by atoms with E-state index in [1.807, 2.05) is 6.07 Å². The van der Waals surface area contributed by atoms with Crippen LogP contribution in [0.2, 0.25) is 0 Å². The summed E-state index contributed by atoms with van der Waals surface area (Å²) in [6, 6.07) is 8.24. The van der Waals surface area contributed by atoms with Crippen LogP contribution in [0.15, 0.2) is 24.3 Å². The van der Waals surface area contributed by atoms with Crippen LogP contribution >= 0.6 is 0 Å². The second-order valence-electron chi connectivity index (χ2n) is 4.61. The van der Waals surface area contributed by atoms with Gasteiger partial charge in [0.05, 0.1) is 5.52 Å². The molecule has 4 heteroatoms. The first-order valence-corrected chi connectivity index (χ1v) is 6.64. The lowest BCUT2D eigenvalue weighted by atomic mass is 10.2. The van der Waals surface area contributed by atoms with Crippen molar-refractivity contribution in [2.75, 3.05) is 29.9 Å². The molecule has 1 fully saturated rings. The predicted molar refractivity (Wildman–Crippen MR) is 75.1 cm³/mol. The summed E-state index contributed by atoms with van der Waals surface area (Å²) in [5.41, 5.74) is 1.02. The van der Waals surface area contributed by atoms with E-state index in [9.17, 15) is 0 Å². The monoisotopic (exact) mass is 242 g/mol. The summed E-state index contributed by atoms with van der Waals surface area (Å²) >= 11 is 0. The number of nitrogens with one attached hydrogen (secondary N) is 1. The van der Waals surface area contributed by atoms with E-state index >= 15 is 0 Å². The van der Waals surface area contributed by atoms with Crippen molar-refractivity contribution >= 4 is 22.7 Å². The largest absolute Gasteiger partial charge is 0.356 e. The Bertz CT molecular complexity index is 546. The Kier molecular flexibility index (Phi) is 3.00. The Labute approximate surface area is 107 Å². The van der Waals surface area contributed by atoms with Gasteiger partial charge in [0, 0.05) is 25.0 Å². The van der Waals surface area contributed by atoms with Gasteiger partial charge in [0.1, 0.15) is 5.82 Å². The Morgan fingerprint density at radius 2 is 1.94 bits per heavy atom. The molecule has 2 heterocycles. The molecule has 0 amide bonds. The lowest BCUT2D eigenvalue weighted by Crippen LogP contribution is -2.20. The fraction of sp³-hybridized carbons (Fsp3) is 0.429. The first kappa shape index (κ1) is 11.3. The molecule has 2 aromatic rings. The number of rotatable bonds is 3. The molecule has 1 aliphatic rings. The molecule has 1 saturated heterocycles. The zero-order chi connectivity index (χ0) is 12.4. The van der Waals surface area contributed by atoms with Crippen molar-refractivity contribution in [2.24, 2.45) is 0 Å². The molecule has 1 N–H and O–H groups in total. The molecule has 0 aliphatic carbocycles. The standard InChI is InChI=1S/C14H18N4/c1-2-15-14-16-12-8-4-3-7-11(12)13(17-14)18-9-5-6-10-18/h3-4,7-8H,2,5-6,9-10H2,1H3,(H,15,16,17). The quantitative estimate of drug-likeness (QED) is 0.898. The van der Waals surface area contributed by atoms with Crippen molar-refractivity contribution < 1.29 is 0 Å². The van der Waals surface area contributed by atoms with Gasteiger partial charge in [-0.05, 0) is 31.9 Å². The van der Waals surface area contributed by atoms with Gasteiger partial charge in [-0.25, -0.2) is 4.98 Å². The molecule has 0 atom stereocenters. The number of aromatic nitrogens is 2. The van der Waals surface area contributed by atoms with E-state index in [2.05, 4.69) is 45.3 Å². The summed E-state index contributed by atoms with van der Waals surface area (Å²) in [7, 11) is 0. The molecule has 1 aromatic carbocycles. The minimum Gasteiger partial charge on any atom is -0.356 e. The van der Waals surface area contributed by atoms with Crippen molar-refractivity contribution in [3.63, 3.8) is 0 Å². The third kappa shape index (κ3) is 1.98. The second kappa shape index (κ2) is 4.80. The number of nitrogens with zero attached hydrogens (tertiary/aromatic N) is 3. The van der Waals surface area contributed by atoms with Crippen LogP contribution in [-0.2, 0) is 0 Å². The fourth-order valence-electron chi connectivity index (χ4n) is 2.47. The van der Waals surface area contributed by atoms with E-state index in [1.165, 1.54) is 12.8 Å². The van der Waals surface area contributed by atoms with Crippen LogP contribution in [0.5, 0.6) is 0 Å². The SMILES string of the molecule is CCNc1nc(N2CCCC2)c2ccccc2n1. The number of fused-ring (bicyclic) bond motifs is 1. The van der Waals surface area contributed by atoms with Gasteiger partial charge in [-0.15, -0.1) is 0 Å². The van der Waals surface area contributed by atoms with Crippen molar-refractivity contribution in [1.82, 2.24) is 9.97 Å². The maximum absolute atomic E-state index is 4.68. The third-order valence-electron chi connectivity index (χ3n) is 3.32. The van der Waals surface area contributed by atoms with Crippen LogP contribution in [-0.4, -0.2) is 29.6 Å². The van der Waals surface area contributed by atoms with Gasteiger partial charge in [0.25, 0.3) is 0 Å². The van der Waals surface area contributed by atoms with E-state index in [4.69, 9.17) is 0 Å². The third-order valence-corrected chi connectivity index (χ3v) is 3.32. The number of para-hydroxylation sites is 1. The molecule has 4 nitrogen and oxygen atoms in total. The lowest BCUT2D eigenvalue weighted by Gasteiger charge is -2.19. The van der Waals surface area contributed by atoms with Crippen molar-refractivity contribution in [3.05, 3.63) is 24.3 Å². The molecule has 1 aliphatic heterocycles. The highest BCUT2D eigenvalue weighted by Gasteiger charge is 2.17. The first-order chi connectivity index (χ1) is 8.88. The van der Waals surface area contributed by atoms with Crippen molar-refractivity contribution in [1.29, 1.82) is 0 Å². The molecule has 0 spiro atoms. The van der Waals surface area contributed by atoms with Crippen LogP contribution in [0.1, 0.15) is 19.8 Å². The van der Waals surface area contributed by atoms with Crippen LogP contribution in [0.25, 0.3) is 10.9 Å². The van der Waals surface area contributed by atoms with Gasteiger partial charge in [0.2, 0.25) is 5.95 Å². The first-order valence-electron chi connectivity index (χ1n) is 6.64. The predicted octanol–water partition coefficient (Wildman–Crippen LogP) is 2.66. The average molecular weight is 242 g/mol. The van der Waals surface area contributed by atoms with Crippen LogP contribution in [0, 0.1) is 0 Å². The highest BCUT2D eigenvalue weighted by Crippen LogP contribution is 2.27. The Hall–Kier alpha value is -1.84. The molecule has 0 saturated carbocycles. The molecule has 0 bridgehead atoms. The van der Waals surface area contributed by atoms with Gasteiger partial charge >= 0.3 is 0 Å². The van der Waals surface area contributed by atoms with Crippen LogP contribution in [0.3, 0.4) is 0 Å². The Morgan fingerprint density at radius 1 is 1.17 bits per heavy atom. The number of benzene rings is 1. The Balaban J connectivity index is 2.13. The van der Waals surface area contributed by atoms with Gasteiger partial charge < -0.3 is 10.2 Å². The smallest absolute Gasteiger partial charge is 0.225 e. The lowest BCUT2D eigenvalue weighted by molar-refractivity contribution is 0.937. The summed E-state index contributed by atoms with van der Waals surface area (Å²) in [6.07, 6.45) is 2.52. The normalized spacial score (nSPS) is 15.3. The molecule has 0 radical (unpaired) electrons. The highest BCUT2D eigenvalue weighted by molar-refractivity contribution is 5.90. The zero-order valence-corrected chi connectivity index (χ0v) is 10.7. The molecule has 0 unspecified atom stereocenters. The minimum absolute atomic E-state index is 0.734. The molecule has 18 heavy (non-hydrogen) atoms. The summed E-state index contributed by atoms with van der Waals surface area (Å²) < 4.78 is 0. The van der Waals surface area contributed by atoms with Crippen LogP contribution < -0.4 is 10.2 Å². The fourth-order valence-corrected chi connectivity index (χ4v) is 2.47. The minimum atomic E-state index is 0.734. The molecular weight excluding hydrogens is 224 g/mol. The van der Waals surface area contributed by atoms with E-state index in [-0.39, 0.29) is 0 Å². The summed E-state index contributed by atoms with van der Waals surface area (Å²) in [6.45, 7) is 5.12. The maximum Gasteiger partial charge on any atom is 0.225 e. The molecular formula is C14H18N4. The maximum atomic E-state index is 4.68. The number of hydrogen-bond donors (Lipinski definition) is 1. The highest BCUT2D eigenvalue weighted by atomic mass is 15.2. The van der Waals surface area contributed by atoms with Gasteiger partial charge in [-0.3, -0.25) is 0 Å². The zero-order valence-electron chi connectivity index (χ0n) is 10.7. The van der Waals surface area contributed by atoms with Crippen molar-refractivity contribution in [2.45, 2.75) is 19.8 Å². The van der Waals surface area contributed by atoms with Gasteiger partial charge in [-0.1, -0.05) is 12.1 Å². The molecule has 1 aromatic heterocycles. The summed E-state index contributed by atoms with van der Waals surface area (Å²) in [5, 5.41) is 4.37.